The molecule has 0 saturated heterocycles. The van der Waals surface area contributed by atoms with Gasteiger partial charge < -0.3 is 5.11 Å². The first-order valence-corrected chi connectivity index (χ1v) is 7.68. The topological polar surface area (TPSA) is 33.1 Å². The summed E-state index contributed by atoms with van der Waals surface area (Å²) < 4.78 is 78.0. The number of aliphatic hydroxyl groups is 1. The molecule has 3 rings (SSSR count). The minimum atomic E-state index is -5.91. The fourth-order valence-corrected chi connectivity index (χ4v) is 3.35. The lowest BCUT2D eigenvalue weighted by Gasteiger charge is -2.32. The Bertz CT molecular complexity index is 886. The van der Waals surface area contributed by atoms with Gasteiger partial charge in [0.15, 0.2) is 0 Å². The summed E-state index contributed by atoms with van der Waals surface area (Å²) in [5.74, 6) is 0. The summed E-state index contributed by atoms with van der Waals surface area (Å²) in [7, 11) is 0. The molecule has 25 heavy (non-hydrogen) atoms. The number of fused-ring (bicyclic) bond motifs is 1. The summed E-state index contributed by atoms with van der Waals surface area (Å²) in [6, 6.07) is 11.0. The van der Waals surface area contributed by atoms with E-state index < -0.39 is 23.5 Å². The molecule has 0 atom stereocenters. The molecule has 0 aliphatic heterocycles. The second-order valence-electron chi connectivity index (χ2n) is 5.27. The molecule has 0 radical (unpaired) electrons. The van der Waals surface area contributed by atoms with Crippen LogP contribution in [0.5, 0.6) is 0 Å². The molecule has 0 spiro atoms. The summed E-state index contributed by atoms with van der Waals surface area (Å²) in [6.45, 7) is 0. The monoisotopic (exact) mass is 377 g/mol. The second-order valence-corrected chi connectivity index (χ2v) is 6.30. The molecule has 0 amide bonds. The normalized spacial score (nSPS) is 13.4. The lowest BCUT2D eigenvalue weighted by atomic mass is 9.92. The third kappa shape index (κ3) is 2.87. The SMILES string of the molecule is OC(c1ccc2nc(-c3ccccc3)sc2c1)(C(F)(F)F)C(F)(F)F. The molecule has 0 aliphatic carbocycles. The molecule has 1 heterocycles. The van der Waals surface area contributed by atoms with Gasteiger partial charge in [0.25, 0.3) is 5.60 Å². The van der Waals surface area contributed by atoms with Crippen molar-refractivity contribution in [1.82, 2.24) is 4.98 Å². The molecule has 1 N–H and O–H groups in total. The zero-order valence-corrected chi connectivity index (χ0v) is 13.0. The third-order valence-electron chi connectivity index (χ3n) is 3.65. The highest BCUT2D eigenvalue weighted by molar-refractivity contribution is 7.21. The predicted molar refractivity (Wildman–Crippen MR) is 81.1 cm³/mol. The Morgan fingerprint density at radius 3 is 2.00 bits per heavy atom. The van der Waals surface area contributed by atoms with Crippen molar-refractivity contribution < 1.29 is 31.4 Å². The van der Waals surface area contributed by atoms with Crippen LogP contribution in [-0.2, 0) is 5.60 Å². The zero-order chi connectivity index (χ0) is 18.5. The molecule has 0 saturated carbocycles. The molecule has 3 aromatic rings. The highest BCUT2D eigenvalue weighted by Crippen LogP contribution is 2.50. The molecule has 2 nitrogen and oxygen atoms in total. The van der Waals surface area contributed by atoms with Crippen LogP contribution in [0.3, 0.4) is 0 Å². The van der Waals surface area contributed by atoms with Gasteiger partial charge in [0.1, 0.15) is 5.01 Å². The highest BCUT2D eigenvalue weighted by atomic mass is 32.1. The minimum Gasteiger partial charge on any atom is -0.369 e. The highest BCUT2D eigenvalue weighted by Gasteiger charge is 2.71. The zero-order valence-electron chi connectivity index (χ0n) is 12.2. The predicted octanol–water partition coefficient (Wildman–Crippen LogP) is 5.28. The molecular formula is C16H9F6NOS. The van der Waals surface area contributed by atoms with Gasteiger partial charge in [0.2, 0.25) is 0 Å². The third-order valence-corrected chi connectivity index (χ3v) is 4.71. The molecule has 1 aromatic heterocycles. The van der Waals surface area contributed by atoms with E-state index in [-0.39, 0.29) is 10.2 Å². The van der Waals surface area contributed by atoms with E-state index in [9.17, 15) is 31.4 Å². The van der Waals surface area contributed by atoms with Crippen molar-refractivity contribution in [3.63, 3.8) is 0 Å². The number of thiazole rings is 1. The van der Waals surface area contributed by atoms with Crippen molar-refractivity contribution >= 4 is 21.6 Å². The van der Waals surface area contributed by atoms with Gasteiger partial charge in [-0.1, -0.05) is 36.4 Å². The van der Waals surface area contributed by atoms with Crippen LogP contribution in [0, 0.1) is 0 Å². The standard InChI is InChI=1S/C16H9F6NOS/c17-15(18,19)14(24,16(20,21)22)10-6-7-11-12(8-10)25-13(23-11)9-4-2-1-3-5-9/h1-8,24H. The van der Waals surface area contributed by atoms with Crippen LogP contribution in [0.2, 0.25) is 0 Å². The maximum absolute atomic E-state index is 13.0. The molecule has 2 aromatic carbocycles. The van der Waals surface area contributed by atoms with E-state index in [1.165, 1.54) is 0 Å². The average molecular weight is 377 g/mol. The van der Waals surface area contributed by atoms with Gasteiger partial charge in [-0.25, -0.2) is 4.98 Å². The largest absolute Gasteiger partial charge is 0.430 e. The van der Waals surface area contributed by atoms with Gasteiger partial charge in [-0.2, -0.15) is 26.3 Å². The van der Waals surface area contributed by atoms with E-state index in [0.717, 1.165) is 17.4 Å². The van der Waals surface area contributed by atoms with E-state index in [2.05, 4.69) is 4.98 Å². The summed E-state index contributed by atoms with van der Waals surface area (Å²) >= 11 is 0.945. The summed E-state index contributed by atoms with van der Waals surface area (Å²) in [5, 5.41) is 9.93. The molecule has 0 unspecified atom stereocenters. The lowest BCUT2D eigenvalue weighted by Crippen LogP contribution is -2.53. The van der Waals surface area contributed by atoms with E-state index in [0.29, 0.717) is 22.7 Å². The number of hydrogen-bond donors (Lipinski definition) is 1. The number of rotatable bonds is 2. The molecule has 132 valence electrons. The van der Waals surface area contributed by atoms with Crippen LogP contribution >= 0.6 is 11.3 Å². The first-order chi connectivity index (χ1) is 11.5. The van der Waals surface area contributed by atoms with Gasteiger partial charge in [0.05, 0.1) is 10.2 Å². The minimum absolute atomic E-state index is 0.114. The van der Waals surface area contributed by atoms with Crippen molar-refractivity contribution in [2.75, 3.05) is 0 Å². The Morgan fingerprint density at radius 1 is 0.840 bits per heavy atom. The number of benzene rings is 2. The Balaban J connectivity index is 2.15. The van der Waals surface area contributed by atoms with Gasteiger partial charge in [-0.15, -0.1) is 11.3 Å². The molecule has 9 heteroatoms. The number of nitrogens with zero attached hydrogens (tertiary/aromatic N) is 1. The molecule has 0 fully saturated rings. The van der Waals surface area contributed by atoms with Gasteiger partial charge in [-0.3, -0.25) is 0 Å². The van der Waals surface area contributed by atoms with Crippen LogP contribution in [0.4, 0.5) is 26.3 Å². The summed E-state index contributed by atoms with van der Waals surface area (Å²) in [6.07, 6.45) is -11.8. The first-order valence-electron chi connectivity index (χ1n) is 6.86. The molecular weight excluding hydrogens is 368 g/mol. The maximum atomic E-state index is 13.0. The molecule has 0 aliphatic rings. The first kappa shape index (κ1) is 17.7. The van der Waals surface area contributed by atoms with Crippen LogP contribution in [-0.4, -0.2) is 22.4 Å². The van der Waals surface area contributed by atoms with Crippen molar-refractivity contribution in [2.45, 2.75) is 18.0 Å². The second kappa shape index (κ2) is 5.70. The fourth-order valence-electron chi connectivity index (χ4n) is 2.34. The van der Waals surface area contributed by atoms with Crippen molar-refractivity contribution in [3.8, 4) is 10.6 Å². The Kier molecular flexibility index (Phi) is 4.03. The number of halogens is 6. The van der Waals surface area contributed by atoms with Gasteiger partial charge >= 0.3 is 12.4 Å². The smallest absolute Gasteiger partial charge is 0.369 e. The van der Waals surface area contributed by atoms with E-state index in [1.807, 2.05) is 0 Å². The van der Waals surface area contributed by atoms with E-state index >= 15 is 0 Å². The molecule has 0 bridgehead atoms. The Hall–Kier alpha value is -2.13. The summed E-state index contributed by atoms with van der Waals surface area (Å²) in [5.41, 5.74) is -5.29. The van der Waals surface area contributed by atoms with Crippen LogP contribution in [0.25, 0.3) is 20.8 Å². The lowest BCUT2D eigenvalue weighted by molar-refractivity contribution is -0.376. The Morgan fingerprint density at radius 2 is 1.44 bits per heavy atom. The number of hydrogen-bond acceptors (Lipinski definition) is 3. The van der Waals surface area contributed by atoms with Gasteiger partial charge in [0, 0.05) is 11.1 Å². The average Bonchev–Trinajstić information content (AvgIpc) is 2.96. The maximum Gasteiger partial charge on any atom is 0.430 e. The summed E-state index contributed by atoms with van der Waals surface area (Å²) in [4.78, 5) is 4.20. The van der Waals surface area contributed by atoms with Crippen molar-refractivity contribution in [3.05, 3.63) is 54.1 Å². The fraction of sp³-hybridized carbons (Fsp3) is 0.188. The van der Waals surface area contributed by atoms with Crippen molar-refractivity contribution in [1.29, 1.82) is 0 Å². The quantitative estimate of drug-likeness (QED) is 0.617. The number of alkyl halides is 6. The van der Waals surface area contributed by atoms with Gasteiger partial charge in [-0.05, 0) is 12.1 Å². The number of aromatic nitrogens is 1. The van der Waals surface area contributed by atoms with Crippen LogP contribution in [0.1, 0.15) is 5.56 Å². The van der Waals surface area contributed by atoms with Crippen LogP contribution in [0.15, 0.2) is 48.5 Å². The van der Waals surface area contributed by atoms with Crippen LogP contribution < -0.4 is 0 Å². The van der Waals surface area contributed by atoms with E-state index in [1.54, 1.807) is 30.3 Å². The van der Waals surface area contributed by atoms with E-state index in [4.69, 9.17) is 0 Å². The Labute approximate surface area is 141 Å². The van der Waals surface area contributed by atoms with Crippen molar-refractivity contribution in [2.24, 2.45) is 0 Å².